The Morgan fingerprint density at radius 1 is 1.24 bits per heavy atom. The zero-order chi connectivity index (χ0) is 18.7. The minimum atomic E-state index is -0.628. The first-order valence-corrected chi connectivity index (χ1v) is 10.1. The van der Waals surface area contributed by atoms with Gasteiger partial charge in [-0.1, -0.05) is 33.1 Å². The number of hydrogen-bond acceptors (Lipinski definition) is 6. The standard InChI is InChI=1S/C19H31NO4S/c1-5-8-9-15(6-2)14-24-19(22)16(18(21)23-7-3)10-11-17-20(4)12-13-25-17/h10-11,15H,5-9,12-14H2,1-4H3/b16-10+,17-11-. The molecule has 142 valence electrons. The first-order valence-electron chi connectivity index (χ1n) is 9.13. The lowest BCUT2D eigenvalue weighted by Gasteiger charge is -2.15. The molecule has 25 heavy (non-hydrogen) atoms. The van der Waals surface area contributed by atoms with Crippen molar-refractivity contribution in [2.24, 2.45) is 5.92 Å². The molecule has 0 N–H and O–H groups in total. The van der Waals surface area contributed by atoms with Crippen molar-refractivity contribution < 1.29 is 19.1 Å². The molecule has 0 saturated carbocycles. The van der Waals surface area contributed by atoms with Gasteiger partial charge < -0.3 is 14.4 Å². The van der Waals surface area contributed by atoms with Gasteiger partial charge in [0.1, 0.15) is 5.57 Å². The van der Waals surface area contributed by atoms with Gasteiger partial charge in [-0.15, -0.1) is 11.8 Å². The Bertz CT molecular complexity index is 502. The lowest BCUT2D eigenvalue weighted by molar-refractivity contribution is -0.147. The molecule has 1 unspecified atom stereocenters. The Hall–Kier alpha value is -1.43. The van der Waals surface area contributed by atoms with Gasteiger partial charge >= 0.3 is 11.9 Å². The summed E-state index contributed by atoms with van der Waals surface area (Å²) >= 11 is 1.70. The molecule has 0 aromatic carbocycles. The fourth-order valence-corrected chi connectivity index (χ4v) is 3.49. The number of ether oxygens (including phenoxy) is 2. The number of nitrogens with zero attached hydrogens (tertiary/aromatic N) is 1. The largest absolute Gasteiger partial charge is 0.462 e. The van der Waals surface area contributed by atoms with Crippen LogP contribution in [0.4, 0.5) is 0 Å². The van der Waals surface area contributed by atoms with Gasteiger partial charge in [-0.2, -0.15) is 0 Å². The number of rotatable bonds is 10. The molecule has 1 heterocycles. The van der Waals surface area contributed by atoms with Gasteiger partial charge in [0.2, 0.25) is 0 Å². The number of esters is 2. The maximum Gasteiger partial charge on any atom is 0.345 e. The molecule has 0 aromatic heterocycles. The van der Waals surface area contributed by atoms with Crippen LogP contribution < -0.4 is 0 Å². The highest BCUT2D eigenvalue weighted by Gasteiger charge is 2.22. The quantitative estimate of drug-likeness (QED) is 0.253. The van der Waals surface area contributed by atoms with E-state index in [-0.39, 0.29) is 12.2 Å². The van der Waals surface area contributed by atoms with Crippen LogP contribution in [-0.4, -0.2) is 49.4 Å². The molecule has 1 rings (SSSR count). The van der Waals surface area contributed by atoms with Crippen LogP contribution in [0.5, 0.6) is 0 Å². The summed E-state index contributed by atoms with van der Waals surface area (Å²) in [6.07, 6.45) is 7.54. The Morgan fingerprint density at radius 2 is 1.96 bits per heavy atom. The van der Waals surface area contributed by atoms with E-state index in [2.05, 4.69) is 18.7 Å². The van der Waals surface area contributed by atoms with Crippen molar-refractivity contribution in [1.82, 2.24) is 4.90 Å². The number of carbonyl (C=O) groups excluding carboxylic acids is 2. The van der Waals surface area contributed by atoms with E-state index in [0.29, 0.717) is 12.5 Å². The molecule has 1 aliphatic heterocycles. The predicted molar refractivity (Wildman–Crippen MR) is 102 cm³/mol. The summed E-state index contributed by atoms with van der Waals surface area (Å²) in [6.45, 7) is 7.48. The topological polar surface area (TPSA) is 55.8 Å². The van der Waals surface area contributed by atoms with Gasteiger partial charge in [-0.05, 0) is 31.4 Å². The van der Waals surface area contributed by atoms with Gasteiger partial charge in [0, 0.05) is 19.3 Å². The minimum Gasteiger partial charge on any atom is -0.462 e. The molecule has 0 aliphatic carbocycles. The maximum atomic E-state index is 12.4. The molecule has 0 spiro atoms. The van der Waals surface area contributed by atoms with Gasteiger partial charge in [0.25, 0.3) is 0 Å². The first-order chi connectivity index (χ1) is 12.0. The number of hydrogen-bond donors (Lipinski definition) is 0. The fraction of sp³-hybridized carbons (Fsp3) is 0.684. The summed E-state index contributed by atoms with van der Waals surface area (Å²) in [4.78, 5) is 26.6. The zero-order valence-electron chi connectivity index (χ0n) is 15.9. The van der Waals surface area contributed by atoms with E-state index >= 15 is 0 Å². The Balaban J connectivity index is 2.77. The third kappa shape index (κ3) is 7.55. The van der Waals surface area contributed by atoms with E-state index in [1.165, 1.54) is 6.08 Å². The normalized spacial score (nSPS) is 17.7. The van der Waals surface area contributed by atoms with Crippen molar-refractivity contribution in [2.75, 3.05) is 32.6 Å². The summed E-state index contributed by atoms with van der Waals surface area (Å²) in [5.41, 5.74) is -0.0411. The average Bonchev–Trinajstić information content (AvgIpc) is 3.00. The van der Waals surface area contributed by atoms with Crippen LogP contribution in [0, 0.1) is 5.92 Å². The highest BCUT2D eigenvalue weighted by molar-refractivity contribution is 8.03. The molecule has 1 aliphatic rings. The van der Waals surface area contributed by atoms with Crippen LogP contribution in [0.25, 0.3) is 0 Å². The number of thioether (sulfide) groups is 1. The molecule has 0 radical (unpaired) electrons. The second kappa shape index (κ2) is 12.0. The molecule has 0 bridgehead atoms. The van der Waals surface area contributed by atoms with Crippen molar-refractivity contribution in [3.8, 4) is 0 Å². The fourth-order valence-electron chi connectivity index (χ4n) is 2.44. The number of carbonyl (C=O) groups is 2. The molecule has 0 aromatic rings. The van der Waals surface area contributed by atoms with Crippen molar-refractivity contribution in [3.63, 3.8) is 0 Å². The maximum absolute atomic E-state index is 12.4. The van der Waals surface area contributed by atoms with Crippen LogP contribution in [0.3, 0.4) is 0 Å². The zero-order valence-corrected chi connectivity index (χ0v) is 16.7. The monoisotopic (exact) mass is 369 g/mol. The van der Waals surface area contributed by atoms with Crippen molar-refractivity contribution in [1.29, 1.82) is 0 Å². The summed E-state index contributed by atoms with van der Waals surface area (Å²) in [5.74, 6) is 0.111. The van der Waals surface area contributed by atoms with E-state index in [9.17, 15) is 9.59 Å². The van der Waals surface area contributed by atoms with Crippen LogP contribution in [-0.2, 0) is 19.1 Å². The third-order valence-electron chi connectivity index (χ3n) is 4.15. The van der Waals surface area contributed by atoms with E-state index in [0.717, 1.165) is 43.0 Å². The molecule has 1 fully saturated rings. The Morgan fingerprint density at radius 3 is 2.52 bits per heavy atom. The number of unbranched alkanes of at least 4 members (excludes halogenated alkanes) is 1. The van der Waals surface area contributed by atoms with Gasteiger partial charge in [-0.25, -0.2) is 9.59 Å². The predicted octanol–water partition coefficient (Wildman–Crippen LogP) is 3.76. The van der Waals surface area contributed by atoms with Crippen LogP contribution in [0.2, 0.25) is 0 Å². The summed E-state index contributed by atoms with van der Waals surface area (Å²) < 4.78 is 10.4. The van der Waals surface area contributed by atoms with Gasteiger partial charge in [0.05, 0.1) is 18.2 Å². The summed E-state index contributed by atoms with van der Waals surface area (Å²) in [5, 5.41) is 1.03. The van der Waals surface area contributed by atoms with Crippen LogP contribution >= 0.6 is 11.8 Å². The van der Waals surface area contributed by atoms with Crippen molar-refractivity contribution >= 4 is 23.7 Å². The van der Waals surface area contributed by atoms with E-state index < -0.39 is 11.9 Å². The Kier molecular flexibility index (Phi) is 10.4. The highest BCUT2D eigenvalue weighted by Crippen LogP contribution is 2.26. The van der Waals surface area contributed by atoms with Gasteiger partial charge in [0.15, 0.2) is 0 Å². The second-order valence-electron chi connectivity index (χ2n) is 6.09. The number of allylic oxidation sites excluding steroid dienone is 2. The van der Waals surface area contributed by atoms with Crippen molar-refractivity contribution in [2.45, 2.75) is 46.5 Å². The van der Waals surface area contributed by atoms with Crippen molar-refractivity contribution in [3.05, 3.63) is 22.8 Å². The molecule has 1 saturated heterocycles. The van der Waals surface area contributed by atoms with Crippen LogP contribution in [0.15, 0.2) is 22.8 Å². The second-order valence-corrected chi connectivity index (χ2v) is 7.21. The lowest BCUT2D eigenvalue weighted by Crippen LogP contribution is -2.21. The lowest BCUT2D eigenvalue weighted by atomic mass is 10.0. The molecular weight excluding hydrogens is 338 g/mol. The smallest absolute Gasteiger partial charge is 0.345 e. The average molecular weight is 370 g/mol. The van der Waals surface area contributed by atoms with E-state index in [1.54, 1.807) is 24.8 Å². The van der Waals surface area contributed by atoms with E-state index in [1.807, 2.05) is 7.05 Å². The summed E-state index contributed by atoms with van der Waals surface area (Å²) in [6, 6.07) is 0. The molecule has 1 atom stereocenters. The molecule has 6 heteroatoms. The minimum absolute atomic E-state index is 0.0411. The Labute approximate surface area is 155 Å². The highest BCUT2D eigenvalue weighted by atomic mass is 32.2. The SMILES string of the molecule is CCCCC(CC)COC(=O)/C(=C/C=C1\SCCN1C)C(=O)OCC. The molecule has 0 amide bonds. The van der Waals surface area contributed by atoms with E-state index in [4.69, 9.17) is 9.47 Å². The summed E-state index contributed by atoms with van der Waals surface area (Å²) in [7, 11) is 1.99. The third-order valence-corrected chi connectivity index (χ3v) is 5.28. The van der Waals surface area contributed by atoms with Crippen LogP contribution in [0.1, 0.15) is 46.5 Å². The first kappa shape index (κ1) is 21.6. The van der Waals surface area contributed by atoms with Gasteiger partial charge in [-0.3, -0.25) is 0 Å². The molecule has 5 nitrogen and oxygen atoms in total. The molecular formula is C19H31NO4S.